The maximum atomic E-state index is 12.5. The van der Waals surface area contributed by atoms with E-state index in [0.717, 1.165) is 51.4 Å². The summed E-state index contributed by atoms with van der Waals surface area (Å²) in [5, 5.41) is 23.2. The van der Waals surface area contributed by atoms with E-state index in [1.807, 2.05) is 0 Å². The number of rotatable bonds is 57. The Hall–Kier alpha value is -1.66. The van der Waals surface area contributed by atoms with Crippen molar-refractivity contribution >= 4 is 11.9 Å². The number of carbonyl (C=O) groups excluding carboxylic acids is 2. The Bertz CT molecular complexity index is 1060. The van der Waals surface area contributed by atoms with Gasteiger partial charge in [0.25, 0.3) is 0 Å². The maximum absolute atomic E-state index is 12.5. The monoisotopic (exact) mass is 958 g/mol. The summed E-state index contributed by atoms with van der Waals surface area (Å²) >= 11 is 0. The number of amides is 1. The van der Waals surface area contributed by atoms with E-state index in [0.29, 0.717) is 25.9 Å². The molecule has 6 heteroatoms. The second-order valence-corrected chi connectivity index (χ2v) is 21.0. The van der Waals surface area contributed by atoms with Gasteiger partial charge in [-0.05, 0) is 57.8 Å². The van der Waals surface area contributed by atoms with Gasteiger partial charge in [0.1, 0.15) is 0 Å². The van der Waals surface area contributed by atoms with Gasteiger partial charge in [-0.2, -0.15) is 0 Å². The Morgan fingerprint density at radius 3 is 1.15 bits per heavy atom. The summed E-state index contributed by atoms with van der Waals surface area (Å²) in [6.07, 6.45) is 70.4. The molecule has 3 N–H and O–H groups in total. The van der Waals surface area contributed by atoms with E-state index in [1.165, 1.54) is 250 Å². The highest BCUT2D eigenvalue weighted by Gasteiger charge is 2.20. The summed E-state index contributed by atoms with van der Waals surface area (Å²) in [7, 11) is 0. The summed E-state index contributed by atoms with van der Waals surface area (Å²) < 4.78 is 5.50. The standard InChI is InChI=1S/C62H119NO5/c1-3-5-7-9-11-13-15-17-18-19-22-26-29-32-36-40-44-48-52-56-62(67)68-57-53-49-45-41-37-33-30-27-24-21-20-23-25-28-31-35-39-43-47-51-55-61(66)63-59(58-64)60(65)54-50-46-42-38-34-16-14-12-10-8-6-4-2/h11,13,17-18,59-60,64-65H,3-10,12,14-16,19-58H2,1-2H3,(H,63,66)/b13-11-,18-17-. The maximum Gasteiger partial charge on any atom is 0.305 e. The smallest absolute Gasteiger partial charge is 0.305 e. The number of allylic oxidation sites excluding steroid dienone is 4. The van der Waals surface area contributed by atoms with Crippen molar-refractivity contribution < 1.29 is 24.5 Å². The highest BCUT2D eigenvalue weighted by atomic mass is 16.5. The minimum absolute atomic E-state index is 0.00719. The highest BCUT2D eigenvalue weighted by Crippen LogP contribution is 2.18. The lowest BCUT2D eigenvalue weighted by Gasteiger charge is -2.22. The SMILES string of the molecule is CCCCC/C=C\C/C=C\CCCCCCCCCCCC(=O)OCCCCCCCCCCCCCCCCCCCCCCC(=O)NC(CO)C(O)CCCCCCCCCCCCCC. The lowest BCUT2D eigenvalue weighted by Crippen LogP contribution is -2.45. The van der Waals surface area contributed by atoms with E-state index in [1.54, 1.807) is 0 Å². The zero-order chi connectivity index (χ0) is 49.3. The number of esters is 1. The van der Waals surface area contributed by atoms with Crippen LogP contribution in [0.2, 0.25) is 0 Å². The van der Waals surface area contributed by atoms with Gasteiger partial charge < -0.3 is 20.3 Å². The van der Waals surface area contributed by atoms with Crippen molar-refractivity contribution in [2.24, 2.45) is 0 Å². The molecule has 68 heavy (non-hydrogen) atoms. The molecule has 0 aliphatic carbocycles. The van der Waals surface area contributed by atoms with Crippen LogP contribution in [0.25, 0.3) is 0 Å². The summed E-state index contributed by atoms with van der Waals surface area (Å²) in [5.41, 5.74) is 0. The van der Waals surface area contributed by atoms with Gasteiger partial charge in [0.05, 0.1) is 25.4 Å². The van der Waals surface area contributed by atoms with E-state index in [2.05, 4.69) is 43.5 Å². The van der Waals surface area contributed by atoms with Gasteiger partial charge >= 0.3 is 5.97 Å². The molecule has 0 aromatic carbocycles. The van der Waals surface area contributed by atoms with Crippen LogP contribution >= 0.6 is 0 Å². The Kier molecular flexibility index (Phi) is 56.5. The lowest BCUT2D eigenvalue weighted by atomic mass is 10.0. The average Bonchev–Trinajstić information content (AvgIpc) is 3.34. The quantitative estimate of drug-likeness (QED) is 0.0321. The van der Waals surface area contributed by atoms with Crippen molar-refractivity contribution in [2.75, 3.05) is 13.2 Å². The molecule has 6 nitrogen and oxygen atoms in total. The Morgan fingerprint density at radius 1 is 0.412 bits per heavy atom. The van der Waals surface area contributed by atoms with E-state index in [-0.39, 0.29) is 18.5 Å². The van der Waals surface area contributed by atoms with Crippen LogP contribution in [0.15, 0.2) is 24.3 Å². The van der Waals surface area contributed by atoms with Crippen LogP contribution in [0.3, 0.4) is 0 Å². The first-order chi connectivity index (χ1) is 33.5. The molecular weight excluding hydrogens is 839 g/mol. The summed E-state index contributed by atoms with van der Waals surface area (Å²) in [4.78, 5) is 24.5. The Balaban J connectivity index is 3.36. The Labute approximate surface area is 424 Å². The Morgan fingerprint density at radius 2 is 0.735 bits per heavy atom. The first-order valence-electron chi connectivity index (χ1n) is 30.6. The number of ether oxygens (including phenoxy) is 1. The van der Waals surface area contributed by atoms with Gasteiger partial charge in [0.15, 0.2) is 0 Å². The third kappa shape index (κ3) is 53.7. The molecule has 0 rings (SSSR count). The number of hydrogen-bond acceptors (Lipinski definition) is 5. The number of aliphatic hydroxyl groups excluding tert-OH is 2. The fourth-order valence-electron chi connectivity index (χ4n) is 9.55. The summed E-state index contributed by atoms with van der Waals surface area (Å²) in [6, 6.07) is -0.542. The molecule has 0 bridgehead atoms. The molecule has 1 amide bonds. The first-order valence-corrected chi connectivity index (χ1v) is 30.6. The zero-order valence-corrected chi connectivity index (χ0v) is 45.9. The topological polar surface area (TPSA) is 95.9 Å². The van der Waals surface area contributed by atoms with Gasteiger partial charge in [0, 0.05) is 12.8 Å². The predicted octanol–water partition coefficient (Wildman–Crippen LogP) is 19.0. The minimum atomic E-state index is -0.664. The molecule has 0 spiro atoms. The summed E-state index contributed by atoms with van der Waals surface area (Å²) in [5.74, 6) is -0.0291. The van der Waals surface area contributed by atoms with Crippen molar-refractivity contribution in [1.29, 1.82) is 0 Å². The third-order valence-electron chi connectivity index (χ3n) is 14.3. The van der Waals surface area contributed by atoms with Crippen LogP contribution in [0.4, 0.5) is 0 Å². The van der Waals surface area contributed by atoms with Gasteiger partial charge in [-0.25, -0.2) is 0 Å². The van der Waals surface area contributed by atoms with E-state index >= 15 is 0 Å². The molecule has 0 fully saturated rings. The molecule has 0 radical (unpaired) electrons. The van der Waals surface area contributed by atoms with Gasteiger partial charge in [-0.3, -0.25) is 9.59 Å². The van der Waals surface area contributed by atoms with Crippen LogP contribution in [-0.4, -0.2) is 47.4 Å². The second kappa shape index (κ2) is 57.9. The fourth-order valence-corrected chi connectivity index (χ4v) is 9.55. The van der Waals surface area contributed by atoms with E-state index in [4.69, 9.17) is 4.74 Å². The molecule has 2 unspecified atom stereocenters. The van der Waals surface area contributed by atoms with Crippen molar-refractivity contribution in [1.82, 2.24) is 5.32 Å². The van der Waals surface area contributed by atoms with Crippen molar-refractivity contribution in [3.05, 3.63) is 24.3 Å². The third-order valence-corrected chi connectivity index (χ3v) is 14.3. The van der Waals surface area contributed by atoms with Gasteiger partial charge in [-0.1, -0.05) is 289 Å². The lowest BCUT2D eigenvalue weighted by molar-refractivity contribution is -0.143. The molecular formula is C62H119NO5. The molecule has 0 heterocycles. The van der Waals surface area contributed by atoms with Gasteiger partial charge in [0.2, 0.25) is 5.91 Å². The zero-order valence-electron chi connectivity index (χ0n) is 45.9. The number of unbranched alkanes of at least 4 members (excludes halogenated alkanes) is 42. The number of carbonyl (C=O) groups is 2. The molecule has 0 aromatic heterocycles. The first kappa shape index (κ1) is 66.3. The molecule has 0 aromatic rings. The molecule has 0 saturated carbocycles. The summed E-state index contributed by atoms with van der Waals surface area (Å²) in [6.45, 7) is 4.93. The molecule has 2 atom stereocenters. The van der Waals surface area contributed by atoms with E-state index < -0.39 is 12.1 Å². The van der Waals surface area contributed by atoms with Crippen LogP contribution in [0.1, 0.15) is 335 Å². The fraction of sp³-hybridized carbons (Fsp3) is 0.903. The molecule has 0 aliphatic rings. The highest BCUT2D eigenvalue weighted by molar-refractivity contribution is 5.76. The van der Waals surface area contributed by atoms with Crippen molar-refractivity contribution in [3.8, 4) is 0 Å². The number of hydrogen-bond donors (Lipinski definition) is 3. The van der Waals surface area contributed by atoms with Crippen LogP contribution < -0.4 is 5.32 Å². The molecule has 0 saturated heterocycles. The molecule has 0 aliphatic heterocycles. The molecule has 402 valence electrons. The number of aliphatic hydroxyl groups is 2. The van der Waals surface area contributed by atoms with Crippen molar-refractivity contribution in [3.63, 3.8) is 0 Å². The average molecular weight is 959 g/mol. The van der Waals surface area contributed by atoms with Gasteiger partial charge in [-0.15, -0.1) is 0 Å². The minimum Gasteiger partial charge on any atom is -0.466 e. The van der Waals surface area contributed by atoms with E-state index in [9.17, 15) is 19.8 Å². The van der Waals surface area contributed by atoms with Crippen LogP contribution in [0, 0.1) is 0 Å². The largest absolute Gasteiger partial charge is 0.466 e. The second-order valence-electron chi connectivity index (χ2n) is 21.0. The predicted molar refractivity (Wildman–Crippen MR) is 296 cm³/mol. The number of nitrogens with one attached hydrogen (secondary N) is 1. The normalized spacial score (nSPS) is 12.7. The van der Waals surface area contributed by atoms with Crippen molar-refractivity contribution in [2.45, 2.75) is 347 Å². The van der Waals surface area contributed by atoms with Crippen LogP contribution in [0.5, 0.6) is 0 Å². The van der Waals surface area contributed by atoms with Crippen LogP contribution in [-0.2, 0) is 14.3 Å².